The van der Waals surface area contributed by atoms with Crippen LogP contribution in [0.2, 0.25) is 0 Å². The summed E-state index contributed by atoms with van der Waals surface area (Å²) in [5.41, 5.74) is 0.507. The van der Waals surface area contributed by atoms with Crippen molar-refractivity contribution < 1.29 is 9.36 Å². The highest BCUT2D eigenvalue weighted by molar-refractivity contribution is 7.66. The first-order chi connectivity index (χ1) is 8.69. The molecule has 2 nitrogen and oxygen atoms in total. The van der Waals surface area contributed by atoms with Gasteiger partial charge in [-0.2, -0.15) is 0 Å². The monoisotopic (exact) mass is 270 g/mol. The lowest BCUT2D eigenvalue weighted by Crippen LogP contribution is -2.29. The molecule has 0 bridgehead atoms. The quantitative estimate of drug-likeness (QED) is 0.552. The molecule has 3 heteroatoms. The van der Waals surface area contributed by atoms with Gasteiger partial charge in [0.15, 0.2) is 0 Å². The van der Waals surface area contributed by atoms with Crippen LogP contribution in [-0.4, -0.2) is 23.3 Å². The second-order valence-electron chi connectivity index (χ2n) is 6.22. The number of aldehydes is 1. The maximum absolute atomic E-state index is 13.6. The maximum Gasteiger partial charge on any atom is 0.130 e. The fourth-order valence-corrected chi connectivity index (χ4v) is 8.49. The van der Waals surface area contributed by atoms with E-state index in [1.54, 1.807) is 0 Å². The minimum atomic E-state index is -2.33. The Hall–Kier alpha value is -0.100. The average Bonchev–Trinajstić information content (AvgIpc) is 2.47. The number of carbonyl (C=O) groups excluding carboxylic acids is 1. The van der Waals surface area contributed by atoms with Crippen molar-refractivity contribution in [2.45, 2.75) is 88.1 Å². The van der Waals surface area contributed by atoms with Crippen LogP contribution in [0, 0.1) is 0 Å². The van der Waals surface area contributed by atoms with E-state index in [0.717, 1.165) is 32.0 Å². The summed E-state index contributed by atoms with van der Waals surface area (Å²) in [6.07, 6.45) is 12.8. The van der Waals surface area contributed by atoms with E-state index in [2.05, 4.69) is 0 Å². The molecule has 0 saturated heterocycles. The Balaban J connectivity index is 2.20. The molecule has 1 atom stereocenters. The SMILES string of the molecule is CC(C=O)P(=O)(C1CCCCC1)C1CCCCC1. The Morgan fingerprint density at radius 1 is 0.889 bits per heavy atom. The van der Waals surface area contributed by atoms with Crippen molar-refractivity contribution in [3.63, 3.8) is 0 Å². The van der Waals surface area contributed by atoms with Gasteiger partial charge >= 0.3 is 0 Å². The molecule has 2 fully saturated rings. The zero-order valence-corrected chi connectivity index (χ0v) is 12.5. The second-order valence-corrected chi connectivity index (χ2v) is 10.0. The van der Waals surface area contributed by atoms with Gasteiger partial charge in [-0.25, -0.2) is 0 Å². The molecule has 0 heterocycles. The summed E-state index contributed by atoms with van der Waals surface area (Å²) in [7, 11) is -2.33. The Bertz CT molecular complexity index is 292. The van der Waals surface area contributed by atoms with Gasteiger partial charge in [0.1, 0.15) is 13.4 Å². The van der Waals surface area contributed by atoms with Crippen LogP contribution < -0.4 is 0 Å². The van der Waals surface area contributed by atoms with Crippen LogP contribution in [0.1, 0.15) is 71.1 Å². The first-order valence-electron chi connectivity index (χ1n) is 7.74. The molecule has 2 aliphatic rings. The van der Waals surface area contributed by atoms with Gasteiger partial charge in [-0.1, -0.05) is 38.5 Å². The first-order valence-corrected chi connectivity index (χ1v) is 9.65. The summed E-state index contributed by atoms with van der Waals surface area (Å²) >= 11 is 0. The zero-order valence-electron chi connectivity index (χ0n) is 11.6. The molecule has 104 valence electrons. The van der Waals surface area contributed by atoms with Crippen LogP contribution in [-0.2, 0) is 9.36 Å². The van der Waals surface area contributed by atoms with Gasteiger partial charge in [-0.05, 0) is 32.6 Å². The molecule has 1 unspecified atom stereocenters. The Labute approximate surface area is 111 Å². The molecule has 0 aromatic rings. The maximum atomic E-state index is 13.6. The molecule has 0 aromatic heterocycles. The van der Waals surface area contributed by atoms with Crippen LogP contribution in [0.3, 0.4) is 0 Å². The highest BCUT2D eigenvalue weighted by atomic mass is 31.2. The fraction of sp³-hybridized carbons (Fsp3) is 0.933. The van der Waals surface area contributed by atoms with Gasteiger partial charge in [0.25, 0.3) is 0 Å². The first kappa shape index (κ1) is 14.3. The summed E-state index contributed by atoms with van der Waals surface area (Å²) in [6.45, 7) is 1.91. The molecule has 0 aliphatic heterocycles. The van der Waals surface area contributed by atoms with E-state index >= 15 is 0 Å². The third-order valence-electron chi connectivity index (χ3n) is 5.12. The van der Waals surface area contributed by atoms with Gasteiger partial charge < -0.3 is 9.36 Å². The second kappa shape index (κ2) is 6.37. The van der Waals surface area contributed by atoms with Gasteiger partial charge in [0.05, 0.1) is 5.66 Å². The van der Waals surface area contributed by atoms with E-state index in [4.69, 9.17) is 0 Å². The van der Waals surface area contributed by atoms with Gasteiger partial charge in [-0.3, -0.25) is 0 Å². The summed E-state index contributed by atoms with van der Waals surface area (Å²) in [6, 6.07) is 0. The van der Waals surface area contributed by atoms with Crippen molar-refractivity contribution in [3.05, 3.63) is 0 Å². The molecule has 2 rings (SSSR count). The third kappa shape index (κ3) is 2.74. The van der Waals surface area contributed by atoms with E-state index in [-0.39, 0.29) is 5.66 Å². The Morgan fingerprint density at radius 3 is 1.61 bits per heavy atom. The standard InChI is InChI=1S/C15H27O2P/c1-13(12-16)18(17,14-8-4-2-5-9-14)15-10-6-3-7-11-15/h12-15H,2-11H2,1H3. The third-order valence-corrected chi connectivity index (χ3v) is 9.83. The van der Waals surface area contributed by atoms with Crippen molar-refractivity contribution in [3.8, 4) is 0 Å². The van der Waals surface area contributed by atoms with E-state index < -0.39 is 7.14 Å². The van der Waals surface area contributed by atoms with E-state index in [9.17, 15) is 9.36 Å². The minimum absolute atomic E-state index is 0.205. The molecular formula is C15H27O2P. The topological polar surface area (TPSA) is 34.1 Å². The van der Waals surface area contributed by atoms with E-state index in [1.807, 2.05) is 6.92 Å². The predicted molar refractivity (Wildman–Crippen MR) is 76.9 cm³/mol. The lowest BCUT2D eigenvalue weighted by atomic mass is 9.99. The number of rotatable bonds is 4. The van der Waals surface area contributed by atoms with Crippen LogP contribution in [0.15, 0.2) is 0 Å². The highest BCUT2D eigenvalue weighted by Gasteiger charge is 2.44. The van der Waals surface area contributed by atoms with Crippen LogP contribution in [0.25, 0.3) is 0 Å². The molecule has 0 N–H and O–H groups in total. The molecule has 0 aromatic carbocycles. The van der Waals surface area contributed by atoms with Gasteiger partial charge in [0, 0.05) is 11.3 Å². The fourth-order valence-electron chi connectivity index (χ4n) is 4.03. The Kier molecular flexibility index (Phi) is 5.06. The highest BCUT2D eigenvalue weighted by Crippen LogP contribution is 2.65. The number of hydrogen-bond acceptors (Lipinski definition) is 2. The summed E-state index contributed by atoms with van der Waals surface area (Å²) < 4.78 is 13.6. The molecule has 2 saturated carbocycles. The van der Waals surface area contributed by atoms with Gasteiger partial charge in [0.2, 0.25) is 0 Å². The molecular weight excluding hydrogens is 243 g/mol. The van der Waals surface area contributed by atoms with Crippen molar-refractivity contribution in [2.75, 3.05) is 0 Å². The lowest BCUT2D eigenvalue weighted by molar-refractivity contribution is -0.107. The van der Waals surface area contributed by atoms with Gasteiger partial charge in [-0.15, -0.1) is 0 Å². The molecule has 2 aliphatic carbocycles. The van der Waals surface area contributed by atoms with Crippen LogP contribution >= 0.6 is 7.14 Å². The Morgan fingerprint density at radius 2 is 1.28 bits per heavy atom. The average molecular weight is 270 g/mol. The smallest absolute Gasteiger partial charge is 0.130 e. The summed E-state index contributed by atoms with van der Waals surface area (Å²) in [5.74, 6) is 0. The normalized spacial score (nSPS) is 25.8. The lowest BCUT2D eigenvalue weighted by Gasteiger charge is -2.40. The largest absolute Gasteiger partial charge is 0.322 e. The van der Waals surface area contributed by atoms with Crippen molar-refractivity contribution in [2.24, 2.45) is 0 Å². The molecule has 0 radical (unpaired) electrons. The number of hydrogen-bond donors (Lipinski definition) is 0. The number of carbonyl (C=O) groups is 1. The molecule has 0 spiro atoms. The van der Waals surface area contributed by atoms with Crippen LogP contribution in [0.4, 0.5) is 0 Å². The summed E-state index contributed by atoms with van der Waals surface area (Å²) in [4.78, 5) is 11.3. The molecule has 0 amide bonds. The van der Waals surface area contributed by atoms with Crippen molar-refractivity contribution >= 4 is 13.4 Å². The van der Waals surface area contributed by atoms with Crippen molar-refractivity contribution in [1.29, 1.82) is 0 Å². The summed E-state index contributed by atoms with van der Waals surface area (Å²) in [5, 5.41) is 0. The minimum Gasteiger partial charge on any atom is -0.322 e. The zero-order chi connectivity index (χ0) is 13.0. The predicted octanol–water partition coefficient (Wildman–Crippen LogP) is 4.60. The van der Waals surface area contributed by atoms with Crippen molar-refractivity contribution in [1.82, 2.24) is 0 Å². The van der Waals surface area contributed by atoms with E-state index in [0.29, 0.717) is 11.3 Å². The molecule has 18 heavy (non-hydrogen) atoms. The van der Waals surface area contributed by atoms with Crippen LogP contribution in [0.5, 0.6) is 0 Å². The van der Waals surface area contributed by atoms with E-state index in [1.165, 1.54) is 38.5 Å².